The first-order valence-corrected chi connectivity index (χ1v) is 9.45. The first-order valence-electron chi connectivity index (χ1n) is 8.22. The molecule has 3 aromatic carbocycles. The number of para-hydroxylation sites is 1. The van der Waals surface area contributed by atoms with Crippen molar-refractivity contribution in [3.8, 4) is 11.5 Å². The Labute approximate surface area is 151 Å². The minimum atomic E-state index is -0.422. The van der Waals surface area contributed by atoms with Crippen molar-refractivity contribution in [1.82, 2.24) is 5.32 Å². The van der Waals surface area contributed by atoms with E-state index in [-0.39, 0.29) is 5.75 Å². The predicted octanol–water partition coefficient (Wildman–Crippen LogP) is 3.45. The molecular formula is C21H21NO2S. The third-order valence-corrected chi connectivity index (χ3v) is 5.99. The zero-order valence-corrected chi connectivity index (χ0v) is 15.0. The lowest BCUT2D eigenvalue weighted by atomic mass is 10.3. The van der Waals surface area contributed by atoms with Gasteiger partial charge in [-0.15, -0.1) is 0 Å². The van der Waals surface area contributed by atoms with E-state index in [1.165, 1.54) is 0 Å². The number of nitrogens with one attached hydrogen (secondary N) is 1. The molecule has 0 aliphatic heterocycles. The Hall–Kier alpha value is -2.43. The third-order valence-electron chi connectivity index (χ3n) is 3.73. The summed E-state index contributed by atoms with van der Waals surface area (Å²) in [5.41, 5.74) is 0. The highest BCUT2D eigenvalue weighted by molar-refractivity contribution is 7.97. The molecule has 128 valence electrons. The molecule has 3 nitrogen and oxygen atoms in total. The van der Waals surface area contributed by atoms with Gasteiger partial charge in [-0.1, -0.05) is 42.1 Å². The van der Waals surface area contributed by atoms with Crippen LogP contribution in [0.3, 0.4) is 0 Å². The zero-order valence-electron chi connectivity index (χ0n) is 14.1. The van der Waals surface area contributed by atoms with Crippen LogP contribution in [0.25, 0.3) is 0 Å². The fourth-order valence-electron chi connectivity index (χ4n) is 2.51. The summed E-state index contributed by atoms with van der Waals surface area (Å²) in [4.78, 5) is 3.06. The van der Waals surface area contributed by atoms with Crippen molar-refractivity contribution < 1.29 is 9.84 Å². The number of benzene rings is 3. The molecule has 25 heavy (non-hydrogen) atoms. The van der Waals surface area contributed by atoms with Crippen molar-refractivity contribution in [2.45, 2.75) is 14.7 Å². The minimum Gasteiger partial charge on any atom is -0.869 e. The number of rotatable bonds is 7. The summed E-state index contributed by atoms with van der Waals surface area (Å²) >= 11 is 0. The summed E-state index contributed by atoms with van der Waals surface area (Å²) in [5.74, 6) is 0.912. The van der Waals surface area contributed by atoms with Crippen LogP contribution in [0.4, 0.5) is 0 Å². The highest BCUT2D eigenvalue weighted by atomic mass is 32.2. The highest BCUT2D eigenvalue weighted by Gasteiger charge is 2.28. The predicted molar refractivity (Wildman–Crippen MR) is 100 cm³/mol. The molecule has 3 rings (SSSR count). The van der Waals surface area contributed by atoms with E-state index in [4.69, 9.17) is 4.74 Å². The summed E-state index contributed by atoms with van der Waals surface area (Å²) in [6.07, 6.45) is 0. The lowest BCUT2D eigenvalue weighted by Gasteiger charge is -2.14. The van der Waals surface area contributed by atoms with Crippen LogP contribution < -0.4 is 15.2 Å². The Morgan fingerprint density at radius 1 is 0.840 bits per heavy atom. The van der Waals surface area contributed by atoms with Crippen molar-refractivity contribution in [2.75, 3.05) is 20.2 Å². The van der Waals surface area contributed by atoms with Gasteiger partial charge in [-0.25, -0.2) is 0 Å². The molecule has 0 aromatic heterocycles. The quantitative estimate of drug-likeness (QED) is 0.524. The van der Waals surface area contributed by atoms with Gasteiger partial charge in [0.1, 0.15) is 12.4 Å². The molecule has 0 aliphatic rings. The molecule has 0 saturated carbocycles. The van der Waals surface area contributed by atoms with E-state index in [1.54, 1.807) is 12.1 Å². The van der Waals surface area contributed by atoms with Crippen molar-refractivity contribution in [3.05, 3.63) is 78.9 Å². The molecule has 1 atom stereocenters. The van der Waals surface area contributed by atoms with Gasteiger partial charge in [-0.3, -0.25) is 0 Å². The molecule has 0 fully saturated rings. The van der Waals surface area contributed by atoms with Crippen LogP contribution in [-0.4, -0.2) is 20.2 Å². The summed E-state index contributed by atoms with van der Waals surface area (Å²) in [6.45, 7) is 1.43. The number of ether oxygens (including phenoxy) is 1. The average Bonchev–Trinajstić information content (AvgIpc) is 2.66. The topological polar surface area (TPSA) is 44.3 Å². The Morgan fingerprint density at radius 3 is 2.16 bits per heavy atom. The molecule has 0 bridgehead atoms. The van der Waals surface area contributed by atoms with E-state index in [0.29, 0.717) is 6.61 Å². The fourth-order valence-corrected chi connectivity index (χ4v) is 4.61. The minimum absolute atomic E-state index is 0.0732. The molecule has 0 aliphatic carbocycles. The van der Waals surface area contributed by atoms with E-state index >= 15 is 0 Å². The molecule has 0 heterocycles. The van der Waals surface area contributed by atoms with Gasteiger partial charge in [0.25, 0.3) is 0 Å². The maximum atomic E-state index is 12.4. The summed E-state index contributed by atoms with van der Waals surface area (Å²) < 4.78 is 5.70. The second-order valence-corrected chi connectivity index (χ2v) is 7.48. The second kappa shape index (κ2) is 8.60. The Kier molecular flexibility index (Phi) is 5.99. The molecule has 4 heteroatoms. The summed E-state index contributed by atoms with van der Waals surface area (Å²) in [5, 5.41) is 15.5. The molecular weight excluding hydrogens is 330 g/mol. The van der Waals surface area contributed by atoms with E-state index in [0.717, 1.165) is 27.0 Å². The van der Waals surface area contributed by atoms with Crippen molar-refractivity contribution in [1.29, 1.82) is 0 Å². The number of likely N-dealkylation sites (N-methyl/N-ethyl adjacent to an activating group) is 1. The van der Waals surface area contributed by atoms with E-state index in [2.05, 4.69) is 29.6 Å². The number of hydrogen-bond acceptors (Lipinski definition) is 3. The maximum absolute atomic E-state index is 12.4. The molecule has 0 radical (unpaired) electrons. The van der Waals surface area contributed by atoms with E-state index < -0.39 is 10.9 Å². The lowest BCUT2D eigenvalue weighted by molar-refractivity contribution is -0.272. The Bertz CT molecular complexity index is 791. The molecule has 0 amide bonds. The monoisotopic (exact) mass is 351 g/mol. The van der Waals surface area contributed by atoms with Gasteiger partial charge >= 0.3 is 0 Å². The van der Waals surface area contributed by atoms with Crippen LogP contribution >= 0.6 is 0 Å². The van der Waals surface area contributed by atoms with Crippen LogP contribution in [0.1, 0.15) is 0 Å². The van der Waals surface area contributed by atoms with Crippen LogP contribution in [-0.2, 0) is 10.9 Å². The third kappa shape index (κ3) is 4.35. The smallest absolute Gasteiger partial charge is 0.166 e. The van der Waals surface area contributed by atoms with Gasteiger partial charge in [0.2, 0.25) is 0 Å². The van der Waals surface area contributed by atoms with Gasteiger partial charge in [-0.2, -0.15) is 0 Å². The number of hydrogen-bond donors (Lipinski definition) is 1. The molecule has 3 aromatic rings. The van der Waals surface area contributed by atoms with Gasteiger partial charge < -0.3 is 15.2 Å². The van der Waals surface area contributed by atoms with E-state index in [1.807, 2.05) is 49.5 Å². The van der Waals surface area contributed by atoms with Gasteiger partial charge in [0.15, 0.2) is 14.7 Å². The molecule has 0 saturated heterocycles. The maximum Gasteiger partial charge on any atom is 0.166 e. The second-order valence-electron chi connectivity index (χ2n) is 5.49. The highest BCUT2D eigenvalue weighted by Crippen LogP contribution is 2.35. The zero-order chi connectivity index (χ0) is 17.5. The lowest BCUT2D eigenvalue weighted by Crippen LogP contribution is -2.16. The normalized spacial score (nSPS) is 11.9. The Balaban J connectivity index is 1.94. The average molecular weight is 351 g/mol. The standard InChI is InChI=1S/C21H21NO2S/c1-22-15-16-24-17-11-13-19(14-12-17)25(18-7-3-2-4-8-18)21-10-6-5-9-20(21)23/h2-14,22H,15-16H2,1H3. The van der Waals surface area contributed by atoms with Crippen molar-refractivity contribution in [3.63, 3.8) is 0 Å². The molecule has 1 N–H and O–H groups in total. The van der Waals surface area contributed by atoms with Gasteiger partial charge in [-0.05, 0) is 49.5 Å². The molecule has 1 unspecified atom stereocenters. The van der Waals surface area contributed by atoms with Crippen LogP contribution in [0, 0.1) is 0 Å². The Morgan fingerprint density at radius 2 is 1.48 bits per heavy atom. The van der Waals surface area contributed by atoms with Crippen LogP contribution in [0.2, 0.25) is 0 Å². The summed E-state index contributed by atoms with van der Waals surface area (Å²) in [7, 11) is 1.48. The summed E-state index contributed by atoms with van der Waals surface area (Å²) in [6, 6.07) is 25.5. The van der Waals surface area contributed by atoms with Gasteiger partial charge in [0, 0.05) is 6.54 Å². The molecule has 0 spiro atoms. The van der Waals surface area contributed by atoms with Gasteiger partial charge in [0.05, 0.1) is 10.9 Å². The van der Waals surface area contributed by atoms with Crippen molar-refractivity contribution in [2.24, 2.45) is 0 Å². The van der Waals surface area contributed by atoms with E-state index in [9.17, 15) is 5.11 Å². The first-order chi connectivity index (χ1) is 12.3. The SMILES string of the molecule is CNCCOc1ccc([S+](c2ccccc2)c2ccccc2[O-])cc1. The first kappa shape index (κ1) is 17.4. The van der Waals surface area contributed by atoms with Crippen molar-refractivity contribution >= 4 is 10.9 Å². The largest absolute Gasteiger partial charge is 0.869 e. The van der Waals surface area contributed by atoms with Crippen LogP contribution in [0.15, 0.2) is 93.5 Å². The fraction of sp³-hybridized carbons (Fsp3) is 0.143. The van der Waals surface area contributed by atoms with Crippen LogP contribution in [0.5, 0.6) is 11.5 Å².